The summed E-state index contributed by atoms with van der Waals surface area (Å²) in [6, 6.07) is 3.19. The third kappa shape index (κ3) is 4.99. The zero-order valence-corrected chi connectivity index (χ0v) is 13.0. The molecule has 118 valence electrons. The maximum Gasteiger partial charge on any atom is 0.163 e. The van der Waals surface area contributed by atoms with Crippen molar-refractivity contribution in [3.05, 3.63) is 23.5 Å². The second kappa shape index (κ2) is 8.59. The molecule has 0 saturated carbocycles. The number of benzene rings is 1. The Morgan fingerprint density at radius 3 is 2.29 bits per heavy atom. The van der Waals surface area contributed by atoms with Crippen LogP contribution in [0.5, 0.6) is 11.5 Å². The number of carbonyl (C=O) groups excluding carboxylic acids is 1. The molecule has 0 unspecified atom stereocenters. The van der Waals surface area contributed by atoms with Crippen LogP contribution in [0.3, 0.4) is 0 Å². The Labute approximate surface area is 125 Å². The molecule has 1 atom stereocenters. The number of carbonyl (C=O) groups is 1. The number of methoxy groups -OCH3 is 2. The molecule has 0 bridgehead atoms. The van der Waals surface area contributed by atoms with E-state index in [1.54, 1.807) is 0 Å². The van der Waals surface area contributed by atoms with Gasteiger partial charge in [0.15, 0.2) is 17.8 Å². The van der Waals surface area contributed by atoms with E-state index in [1.807, 2.05) is 0 Å². The summed E-state index contributed by atoms with van der Waals surface area (Å²) in [7, 11) is 7.09. The van der Waals surface area contributed by atoms with E-state index in [0.29, 0.717) is 12.0 Å². The Bertz CT molecular complexity index is 460. The fourth-order valence-electron chi connectivity index (χ4n) is 2.04. The van der Waals surface area contributed by atoms with Crippen molar-refractivity contribution in [3.8, 4) is 11.5 Å². The van der Waals surface area contributed by atoms with Crippen molar-refractivity contribution in [2.24, 2.45) is 0 Å². The molecule has 0 amide bonds. The number of likely N-dealkylation sites (N-methyl/N-ethyl adjacent to an activating group) is 1. The summed E-state index contributed by atoms with van der Waals surface area (Å²) >= 11 is 0. The number of halogens is 1. The Kier molecular flexibility index (Phi) is 7.11. The van der Waals surface area contributed by atoms with E-state index in [1.165, 1.54) is 39.8 Å². The molecular weight excluding hydrogens is 275 g/mol. The smallest absolute Gasteiger partial charge is 0.163 e. The molecule has 0 radical (unpaired) electrons. The highest BCUT2D eigenvalue weighted by Crippen LogP contribution is 2.28. The quantitative estimate of drug-likeness (QED) is 0.855. The van der Waals surface area contributed by atoms with E-state index < -0.39 is 5.82 Å². The van der Waals surface area contributed by atoms with Gasteiger partial charge in [0.1, 0.15) is 5.82 Å². The van der Waals surface area contributed by atoms with Gasteiger partial charge in [-0.25, -0.2) is 4.39 Å². The molecule has 0 aromatic heterocycles. The van der Waals surface area contributed by atoms with Crippen LogP contribution in [0.15, 0.2) is 12.1 Å². The van der Waals surface area contributed by atoms with E-state index in [9.17, 15) is 9.18 Å². The molecule has 5 nitrogen and oxygen atoms in total. The first-order chi connectivity index (χ1) is 10.0. The van der Waals surface area contributed by atoms with Crippen LogP contribution in [0.2, 0.25) is 0 Å². The first kappa shape index (κ1) is 17.4. The number of hydrogen-bond donors (Lipinski definition) is 1. The molecule has 2 rings (SSSR count). The van der Waals surface area contributed by atoms with Crippen LogP contribution in [0, 0.1) is 5.82 Å². The van der Waals surface area contributed by atoms with Crippen molar-refractivity contribution in [2.45, 2.75) is 12.5 Å². The topological polar surface area (TPSA) is 50.8 Å². The van der Waals surface area contributed by atoms with E-state index in [2.05, 4.69) is 24.3 Å². The van der Waals surface area contributed by atoms with Crippen molar-refractivity contribution >= 4 is 6.29 Å². The SMILES string of the molecule is CN(C)[C@@H]1CCNC1.COc1cc(F)c(C=O)cc1OC. The van der Waals surface area contributed by atoms with Gasteiger partial charge in [-0.3, -0.25) is 4.79 Å². The van der Waals surface area contributed by atoms with Gasteiger partial charge in [-0.2, -0.15) is 0 Å². The third-order valence-electron chi connectivity index (χ3n) is 3.39. The van der Waals surface area contributed by atoms with Crippen LogP contribution in [0.4, 0.5) is 4.39 Å². The van der Waals surface area contributed by atoms with Crippen molar-refractivity contribution in [1.29, 1.82) is 0 Å². The van der Waals surface area contributed by atoms with Gasteiger partial charge in [-0.1, -0.05) is 0 Å². The van der Waals surface area contributed by atoms with Gasteiger partial charge in [-0.05, 0) is 33.1 Å². The maximum atomic E-state index is 13.0. The predicted molar refractivity (Wildman–Crippen MR) is 79.9 cm³/mol. The largest absolute Gasteiger partial charge is 0.493 e. The zero-order chi connectivity index (χ0) is 15.8. The normalized spacial score (nSPS) is 17.1. The molecule has 1 heterocycles. The van der Waals surface area contributed by atoms with Crippen LogP contribution in [-0.2, 0) is 0 Å². The van der Waals surface area contributed by atoms with Crippen LogP contribution in [0.1, 0.15) is 16.8 Å². The minimum atomic E-state index is -0.618. The molecular formula is C15H23FN2O3. The molecule has 21 heavy (non-hydrogen) atoms. The fraction of sp³-hybridized carbons (Fsp3) is 0.533. The highest BCUT2D eigenvalue weighted by molar-refractivity contribution is 5.76. The monoisotopic (exact) mass is 298 g/mol. The van der Waals surface area contributed by atoms with E-state index in [4.69, 9.17) is 9.47 Å². The number of rotatable bonds is 4. The van der Waals surface area contributed by atoms with Gasteiger partial charge in [0.05, 0.1) is 19.8 Å². The summed E-state index contributed by atoms with van der Waals surface area (Å²) in [5, 5.41) is 3.31. The first-order valence-electron chi connectivity index (χ1n) is 6.77. The lowest BCUT2D eigenvalue weighted by Crippen LogP contribution is -2.29. The second-order valence-corrected chi connectivity index (χ2v) is 4.96. The summed E-state index contributed by atoms with van der Waals surface area (Å²) < 4.78 is 22.7. The minimum absolute atomic E-state index is 0.0438. The molecule has 1 aliphatic heterocycles. The van der Waals surface area contributed by atoms with Gasteiger partial charge in [-0.15, -0.1) is 0 Å². The standard InChI is InChI=1S/C9H9FO3.C6H14N2/c1-12-8-3-6(5-11)7(10)4-9(8)13-2;1-8(2)6-3-4-7-5-6/h3-5H,1-2H3;6-7H,3-5H2,1-2H3/t;6-/m.1/s1. The van der Waals surface area contributed by atoms with Crippen LogP contribution < -0.4 is 14.8 Å². The first-order valence-corrected chi connectivity index (χ1v) is 6.77. The lowest BCUT2D eigenvalue weighted by molar-refractivity contribution is 0.111. The average Bonchev–Trinajstić information content (AvgIpc) is 3.02. The van der Waals surface area contributed by atoms with Crippen LogP contribution in [0.25, 0.3) is 0 Å². The van der Waals surface area contributed by atoms with Gasteiger partial charge in [0, 0.05) is 18.7 Å². The second-order valence-electron chi connectivity index (χ2n) is 4.96. The molecule has 1 aromatic rings. The molecule has 1 aromatic carbocycles. The highest BCUT2D eigenvalue weighted by atomic mass is 19.1. The third-order valence-corrected chi connectivity index (χ3v) is 3.39. The van der Waals surface area contributed by atoms with Crippen molar-refractivity contribution in [3.63, 3.8) is 0 Å². The Morgan fingerprint density at radius 2 is 1.90 bits per heavy atom. The van der Waals surface area contributed by atoms with E-state index >= 15 is 0 Å². The number of nitrogens with one attached hydrogen (secondary N) is 1. The Morgan fingerprint density at radius 1 is 1.29 bits per heavy atom. The summed E-state index contributed by atoms with van der Waals surface area (Å²) in [6.45, 7) is 2.37. The van der Waals surface area contributed by atoms with Crippen LogP contribution >= 0.6 is 0 Å². The summed E-state index contributed by atoms with van der Waals surface area (Å²) in [5.41, 5.74) is -0.0438. The molecule has 1 fully saturated rings. The van der Waals surface area contributed by atoms with E-state index in [-0.39, 0.29) is 11.3 Å². The average molecular weight is 298 g/mol. The van der Waals surface area contributed by atoms with Crippen LogP contribution in [-0.4, -0.2) is 58.6 Å². The fourth-order valence-corrected chi connectivity index (χ4v) is 2.04. The maximum absolute atomic E-state index is 13.0. The lowest BCUT2D eigenvalue weighted by atomic mass is 10.2. The lowest BCUT2D eigenvalue weighted by Gasteiger charge is -2.16. The summed E-state index contributed by atoms with van der Waals surface area (Å²) in [6.07, 6.45) is 1.74. The Hall–Kier alpha value is -1.66. The number of hydrogen-bond acceptors (Lipinski definition) is 5. The van der Waals surface area contributed by atoms with Crippen molar-refractivity contribution in [2.75, 3.05) is 41.4 Å². The molecule has 0 aliphatic carbocycles. The molecule has 1 saturated heterocycles. The van der Waals surface area contributed by atoms with Crippen molar-refractivity contribution in [1.82, 2.24) is 10.2 Å². The molecule has 0 spiro atoms. The van der Waals surface area contributed by atoms with E-state index in [0.717, 1.165) is 12.1 Å². The summed E-state index contributed by atoms with van der Waals surface area (Å²) in [5.74, 6) is -0.00995. The van der Waals surface area contributed by atoms with Crippen molar-refractivity contribution < 1.29 is 18.7 Å². The predicted octanol–water partition coefficient (Wildman–Crippen LogP) is 1.57. The van der Waals surface area contributed by atoms with Gasteiger partial charge in [0.2, 0.25) is 0 Å². The minimum Gasteiger partial charge on any atom is -0.493 e. The Balaban J connectivity index is 0.000000235. The van der Waals surface area contributed by atoms with Gasteiger partial charge in [0.25, 0.3) is 0 Å². The molecule has 1 N–H and O–H groups in total. The number of ether oxygens (including phenoxy) is 2. The van der Waals surface area contributed by atoms with Gasteiger partial charge >= 0.3 is 0 Å². The zero-order valence-electron chi connectivity index (χ0n) is 13.0. The summed E-state index contributed by atoms with van der Waals surface area (Å²) in [4.78, 5) is 12.6. The number of nitrogens with zero attached hydrogens (tertiary/aromatic N) is 1. The molecule has 1 aliphatic rings. The van der Waals surface area contributed by atoms with Gasteiger partial charge < -0.3 is 19.7 Å². The molecule has 6 heteroatoms. The highest BCUT2D eigenvalue weighted by Gasteiger charge is 2.15. The number of aldehydes is 1.